The number of aryl methyl sites for hydroxylation is 1. The molecule has 0 saturated carbocycles. The first-order chi connectivity index (χ1) is 57.6. The number of aromatic nitrogens is 11. The number of hydrogen-bond acceptors (Lipinski definition) is 28. The number of nitrogens with zero attached hydrogens (tertiary/aromatic N) is 13. The van der Waals surface area contributed by atoms with Crippen LogP contribution in [0.4, 0.5) is 50.7 Å². The number of sulfone groups is 1. The zero-order valence-electron chi connectivity index (χ0n) is 65.1. The summed E-state index contributed by atoms with van der Waals surface area (Å²) >= 11 is 13.8. The summed E-state index contributed by atoms with van der Waals surface area (Å²) in [7, 11) is -3.98. The third-order valence-electron chi connectivity index (χ3n) is 20.1. The Hall–Kier alpha value is -10.3. The number of nitrogens with one attached hydrogen (secondary N) is 6. The molecule has 0 aliphatic carbocycles. The van der Waals surface area contributed by atoms with Crippen LogP contribution >= 0.6 is 68.7 Å². The van der Waals surface area contributed by atoms with E-state index in [0.717, 1.165) is 116 Å². The zero-order chi connectivity index (χ0) is 83.0. The molecule has 17 rings (SSSR count). The standard InChI is InChI=1S/C32H27ClN6O2S4.C28H31N7O2S2.C23H23FN6O3S2/c1-19-2-7-23(25(33)14-19)24-15-21-16-36-31(37-22-5-3-20(4-6-22)26-17-34-9-12-43-26)38-29(21)39(30(24)40)18-27-28(8-11-42-27)45(41)32-35-10-13-44-32;1-5-19-14-20-15-30-28(32-21-6-8-22(9-7-21)34(4)23-10-12-29-13-11-23)33-25(20)35(26(19)36)16-24-27(38-17-31-24)39(37)18(2)3;1-35(32,33)22-16(6-11-34-22)14-30-20(31)5-2-15-13-26-23(28-21(15)30)27-17-3-4-19(18(24)12-17)29-9-7-25-8-10-29/h2-8,10-11,13-16,26,34H,9,12,17-18H2,1H3,(H,36,37,38);1,6-9,14-15,17-18,23,29H,10-13,16H2,2-4H3,(H,30,32,33);2-6,11-13,25H,7-10,14H2,1H3,(H,26,27,28). The van der Waals surface area contributed by atoms with Crippen LogP contribution in [0.15, 0.2) is 200 Å². The molecule has 0 amide bonds. The highest BCUT2D eigenvalue weighted by atomic mass is 35.5. The maximum Gasteiger partial charge on any atom is 0.268 e. The van der Waals surface area contributed by atoms with Crippen LogP contribution in [-0.4, -0.2) is 153 Å². The second-order valence-corrected chi connectivity index (χ2v) is 39.9. The van der Waals surface area contributed by atoms with Gasteiger partial charge in [-0.3, -0.25) is 32.3 Å². The Morgan fingerprint density at radius 1 is 0.664 bits per heavy atom. The number of thiophene rings is 2. The fourth-order valence-corrected chi connectivity index (χ4v) is 23.1. The molecule has 0 radical (unpaired) electrons. The molecule has 26 nitrogen and oxygen atoms in total. The lowest BCUT2D eigenvalue weighted by Crippen LogP contribution is -2.43. The molecule has 119 heavy (non-hydrogen) atoms. The SMILES string of the molecule is C#Cc1cc2cnc(Nc3ccc(N(C)C4CCNCC4)cc3)nc2n(Cc2ncsc2S(=O)C(C)C)c1=O.CS(=O)(=O)c1sccc1Cn1c(=O)ccc2cnc(Nc3ccc(N4CCNCC4)c(F)c3)nc21.Cc1ccc(-c2cc3cnc(Nc4ccc(C5CNCCS5)cc4)nc3n(Cc3sccc3S(=O)c3nccs3)c2=O)c(Cl)c1. The van der Waals surface area contributed by atoms with Crippen molar-refractivity contribution < 1.29 is 21.2 Å². The predicted octanol–water partition coefficient (Wildman–Crippen LogP) is 13.6. The van der Waals surface area contributed by atoms with Crippen molar-refractivity contribution in [2.45, 2.75) is 87.4 Å². The minimum Gasteiger partial charge on any atom is -0.372 e. The van der Waals surface area contributed by atoms with E-state index in [4.69, 9.17) is 23.0 Å². The molecule has 3 atom stereocenters. The van der Waals surface area contributed by atoms with Crippen molar-refractivity contribution >= 4 is 180 Å². The summed E-state index contributed by atoms with van der Waals surface area (Å²) in [5, 5.41) is 27.8. The Morgan fingerprint density at radius 3 is 1.96 bits per heavy atom. The Bertz CT molecular complexity index is 6460. The fourth-order valence-electron chi connectivity index (χ4n) is 14.0. The van der Waals surface area contributed by atoms with Gasteiger partial charge < -0.3 is 41.7 Å². The van der Waals surface area contributed by atoms with Crippen molar-refractivity contribution in [3.8, 4) is 23.5 Å². The maximum atomic E-state index is 14.8. The lowest BCUT2D eigenvalue weighted by Gasteiger charge is -2.33. The van der Waals surface area contributed by atoms with Crippen molar-refractivity contribution in [2.75, 3.05) is 97.2 Å². The largest absolute Gasteiger partial charge is 0.372 e. The van der Waals surface area contributed by atoms with Crippen molar-refractivity contribution in [3.63, 3.8) is 0 Å². The highest BCUT2D eigenvalue weighted by Gasteiger charge is 2.26. The maximum absolute atomic E-state index is 14.8. The number of fused-ring (bicyclic) bond motifs is 3. The van der Waals surface area contributed by atoms with Crippen LogP contribution < -0.4 is 58.4 Å². The molecule has 3 unspecified atom stereocenters. The number of terminal acetylenes is 1. The minimum absolute atomic E-state index is 0.0482. The van der Waals surface area contributed by atoms with Gasteiger partial charge in [0.1, 0.15) is 42.0 Å². The van der Waals surface area contributed by atoms with Crippen LogP contribution in [0.25, 0.3) is 44.2 Å². The predicted molar refractivity (Wildman–Crippen MR) is 481 cm³/mol. The number of pyridine rings is 3. The summed E-state index contributed by atoms with van der Waals surface area (Å²) in [5.74, 6) is 4.14. The lowest BCUT2D eigenvalue weighted by molar-refractivity contribution is 0.443. The van der Waals surface area contributed by atoms with E-state index in [9.17, 15) is 35.6 Å². The second kappa shape index (κ2) is 37.5. The van der Waals surface area contributed by atoms with E-state index >= 15 is 0 Å². The van der Waals surface area contributed by atoms with Crippen molar-refractivity contribution in [1.82, 2.24) is 69.5 Å². The van der Waals surface area contributed by atoms with Gasteiger partial charge in [-0.2, -0.15) is 26.7 Å². The van der Waals surface area contributed by atoms with E-state index in [2.05, 4.69) is 109 Å². The van der Waals surface area contributed by atoms with Crippen LogP contribution in [0.2, 0.25) is 5.02 Å². The Morgan fingerprint density at radius 2 is 1.31 bits per heavy atom. The molecule has 3 fully saturated rings. The van der Waals surface area contributed by atoms with E-state index in [1.165, 1.54) is 60.8 Å². The van der Waals surface area contributed by atoms with Gasteiger partial charge in [0, 0.05) is 177 Å². The number of piperidine rings is 1. The first-order valence-electron chi connectivity index (χ1n) is 38.0. The average molecular weight is 1770 g/mol. The molecule has 3 aliphatic heterocycles. The lowest BCUT2D eigenvalue weighted by atomic mass is 10.0. The zero-order valence-corrected chi connectivity index (χ0v) is 72.4. The number of thioether (sulfide) groups is 1. The quantitative estimate of drug-likeness (QED) is 0.0343. The summed E-state index contributed by atoms with van der Waals surface area (Å²) in [6.45, 7) is 13.3. The van der Waals surface area contributed by atoms with Crippen molar-refractivity contribution in [3.05, 3.63) is 242 Å². The average Bonchev–Trinajstić information content (AvgIpc) is 1.47. The van der Waals surface area contributed by atoms with Crippen molar-refractivity contribution in [1.29, 1.82) is 0 Å². The smallest absolute Gasteiger partial charge is 0.268 e. The second-order valence-electron chi connectivity index (χ2n) is 28.5. The summed E-state index contributed by atoms with van der Waals surface area (Å²) in [6.07, 6.45) is 15.6. The topological polar surface area (TPSA) is 316 Å². The Balaban J connectivity index is 0.000000141. The first kappa shape index (κ1) is 83.7. The summed E-state index contributed by atoms with van der Waals surface area (Å²) in [4.78, 5) is 82.0. The van der Waals surface area contributed by atoms with E-state index < -0.39 is 31.4 Å². The molecule has 36 heteroatoms. The van der Waals surface area contributed by atoms with E-state index in [0.29, 0.717) is 109 Å². The van der Waals surface area contributed by atoms with Gasteiger partial charge in [0.05, 0.1) is 57.8 Å². The number of halogens is 2. The summed E-state index contributed by atoms with van der Waals surface area (Å²) < 4.78 is 71.2. The molecular formula is C83H81ClFN19O7S8. The van der Waals surface area contributed by atoms with Crippen LogP contribution in [-0.2, 0) is 51.1 Å². The molecule has 13 heterocycles. The van der Waals surface area contributed by atoms with Gasteiger partial charge in [-0.05, 0) is 146 Å². The van der Waals surface area contributed by atoms with Gasteiger partial charge >= 0.3 is 0 Å². The number of piperazine rings is 1. The number of hydrogen-bond donors (Lipinski definition) is 6. The monoisotopic (exact) mass is 1770 g/mol. The summed E-state index contributed by atoms with van der Waals surface area (Å²) in [5.41, 5.74) is 10.5. The molecule has 3 aliphatic rings. The van der Waals surface area contributed by atoms with Crippen LogP contribution in [0.3, 0.4) is 0 Å². The van der Waals surface area contributed by atoms with Gasteiger partial charge in [-0.25, -0.2) is 41.9 Å². The molecule has 14 aromatic rings. The third kappa shape index (κ3) is 19.4. The van der Waals surface area contributed by atoms with Crippen LogP contribution in [0.5, 0.6) is 0 Å². The fraction of sp³-hybridized carbons (Fsp3) is 0.265. The van der Waals surface area contributed by atoms with Gasteiger partial charge in [0.2, 0.25) is 17.8 Å². The highest BCUT2D eigenvalue weighted by Crippen LogP contribution is 2.36. The molecule has 612 valence electrons. The molecule has 4 aromatic carbocycles. The normalized spacial score (nSPS) is 15.1. The molecule has 6 N–H and O–H groups in total. The van der Waals surface area contributed by atoms with Gasteiger partial charge in [-0.15, -0.1) is 51.8 Å². The van der Waals surface area contributed by atoms with Gasteiger partial charge in [0.25, 0.3) is 16.7 Å². The van der Waals surface area contributed by atoms with Crippen molar-refractivity contribution in [2.24, 2.45) is 0 Å². The third-order valence-corrected chi connectivity index (χ3v) is 31.1. The highest BCUT2D eigenvalue weighted by molar-refractivity contribution is 7.99. The molecule has 3 saturated heterocycles. The molecule has 0 spiro atoms. The van der Waals surface area contributed by atoms with Gasteiger partial charge in [0.15, 0.2) is 14.2 Å². The number of anilines is 8. The Kier molecular flexibility index (Phi) is 26.4. The molecular weight excluding hydrogens is 1690 g/mol. The van der Waals surface area contributed by atoms with E-state index in [1.54, 1.807) is 82.0 Å². The first-order valence-corrected chi connectivity index (χ1v) is 47.2. The number of rotatable bonds is 22. The minimum atomic E-state index is -3.43. The van der Waals surface area contributed by atoms with E-state index in [1.807, 2.05) is 91.3 Å². The summed E-state index contributed by atoms with van der Waals surface area (Å²) in [6, 6.07) is 37.5. The van der Waals surface area contributed by atoms with Crippen LogP contribution in [0.1, 0.15) is 64.8 Å². The molecule has 10 aromatic heterocycles. The molecule has 0 bridgehead atoms. The Labute approximate surface area is 715 Å². The van der Waals surface area contributed by atoms with Crippen LogP contribution in [0, 0.1) is 25.1 Å². The number of thiazole rings is 2. The van der Waals surface area contributed by atoms with E-state index in [-0.39, 0.29) is 63.1 Å². The number of benzene rings is 4. The van der Waals surface area contributed by atoms with Gasteiger partial charge in [-0.1, -0.05) is 55.6 Å².